The third-order valence-corrected chi connectivity index (χ3v) is 12.7. The summed E-state index contributed by atoms with van der Waals surface area (Å²) in [6.45, 7) is 2.19. The van der Waals surface area contributed by atoms with Crippen molar-refractivity contribution in [2.45, 2.75) is 145 Å². The Kier molecular flexibility index (Phi) is 37.0. The molecule has 0 aromatic heterocycles. The van der Waals surface area contributed by atoms with Crippen LogP contribution < -0.4 is 21.3 Å². The zero-order chi connectivity index (χ0) is 50.9. The normalized spacial score (nSPS) is 11.5. The number of carboxylic acid groups (broad SMARTS) is 2. The zero-order valence-electron chi connectivity index (χ0n) is 41.2. The Morgan fingerprint density at radius 2 is 0.957 bits per heavy atom. The molecular weight excluding hydrogens is 1030 g/mol. The van der Waals surface area contributed by atoms with E-state index in [-0.39, 0.29) is 115 Å². The molecule has 0 bridgehead atoms. The summed E-state index contributed by atoms with van der Waals surface area (Å²) in [5.41, 5.74) is 6.05. The van der Waals surface area contributed by atoms with Crippen molar-refractivity contribution in [2.24, 2.45) is 0 Å². The lowest BCUT2D eigenvalue weighted by Crippen LogP contribution is -2.41. The first kappa shape index (κ1) is 62.2. The van der Waals surface area contributed by atoms with Crippen LogP contribution in [0.1, 0.15) is 139 Å². The molecule has 0 aliphatic carbocycles. The van der Waals surface area contributed by atoms with Gasteiger partial charge in [0.1, 0.15) is 19.3 Å². The molecule has 0 spiro atoms. The van der Waals surface area contributed by atoms with Gasteiger partial charge in [0, 0.05) is 49.6 Å². The van der Waals surface area contributed by atoms with E-state index in [1.807, 2.05) is 0 Å². The maximum absolute atomic E-state index is 12.4. The number of rotatable bonds is 45. The highest BCUT2D eigenvalue weighted by Gasteiger charge is 2.21. The van der Waals surface area contributed by atoms with Crippen LogP contribution in [0.2, 0.25) is 0 Å². The van der Waals surface area contributed by atoms with Crippen LogP contribution in [0, 0.1) is 0 Å². The van der Waals surface area contributed by atoms with Gasteiger partial charge >= 0.3 is 11.9 Å². The van der Waals surface area contributed by atoms with Crippen molar-refractivity contribution in [3.8, 4) is 11.1 Å². The van der Waals surface area contributed by atoms with Gasteiger partial charge in [-0.3, -0.25) is 24.0 Å². The number of hydrogen-bond acceptors (Lipinski definition) is 10. The van der Waals surface area contributed by atoms with Gasteiger partial charge in [-0.05, 0) is 59.9 Å². The molecule has 18 heteroatoms. The molecule has 2 aromatic rings. The monoisotopic (exact) mass is 1110 g/mol. The van der Waals surface area contributed by atoms with Crippen LogP contribution >= 0.6 is 31.9 Å². The molecule has 0 saturated carbocycles. The van der Waals surface area contributed by atoms with Gasteiger partial charge in [-0.25, -0.2) is 4.79 Å². The minimum Gasteiger partial charge on any atom is -0.481 e. The van der Waals surface area contributed by atoms with Crippen LogP contribution in [-0.2, 0) is 64.8 Å². The average molecular weight is 1110 g/mol. The first-order valence-electron chi connectivity index (χ1n) is 25.2. The molecule has 4 amide bonds. The third kappa shape index (κ3) is 32.9. The van der Waals surface area contributed by atoms with E-state index in [0.29, 0.717) is 13.0 Å². The molecule has 0 fully saturated rings. The van der Waals surface area contributed by atoms with Gasteiger partial charge in [-0.1, -0.05) is 151 Å². The van der Waals surface area contributed by atoms with Gasteiger partial charge in [-0.2, -0.15) is 0 Å². The molecule has 0 aliphatic rings. The predicted octanol–water partition coefficient (Wildman–Crippen LogP) is 8.17. The topological polar surface area (TPSA) is 228 Å². The summed E-state index contributed by atoms with van der Waals surface area (Å²) in [6, 6.07) is 13.9. The Morgan fingerprint density at radius 1 is 0.471 bits per heavy atom. The number of hydrogen-bond donors (Lipinski definition) is 6. The largest absolute Gasteiger partial charge is 0.481 e. The van der Waals surface area contributed by atoms with Crippen molar-refractivity contribution in [1.29, 1.82) is 0 Å². The maximum Gasteiger partial charge on any atom is 0.326 e. The lowest BCUT2D eigenvalue weighted by molar-refractivity contribution is -0.142. The fourth-order valence-corrected chi connectivity index (χ4v) is 8.35. The second-order valence-electron chi connectivity index (χ2n) is 17.3. The molecule has 394 valence electrons. The molecule has 0 heterocycles. The average Bonchev–Trinajstić information content (AvgIpc) is 3.35. The number of carbonyl (C=O) groups excluding carboxylic acids is 4. The van der Waals surface area contributed by atoms with Crippen molar-refractivity contribution in [3.63, 3.8) is 0 Å². The number of carbonyl (C=O) groups is 6. The molecule has 2 aromatic carbocycles. The number of halogens is 2. The van der Waals surface area contributed by atoms with Crippen molar-refractivity contribution >= 4 is 67.4 Å². The van der Waals surface area contributed by atoms with Gasteiger partial charge in [0.05, 0.1) is 39.6 Å². The summed E-state index contributed by atoms with van der Waals surface area (Å²) in [5.74, 6) is -3.07. The molecule has 16 nitrogen and oxygen atoms in total. The second kappa shape index (κ2) is 41.7. The lowest BCUT2D eigenvalue weighted by Gasteiger charge is -2.14. The lowest BCUT2D eigenvalue weighted by atomic mass is 9.96. The van der Waals surface area contributed by atoms with E-state index in [1.165, 1.54) is 72.8 Å². The van der Waals surface area contributed by atoms with Crippen molar-refractivity contribution < 1.29 is 57.9 Å². The first-order chi connectivity index (χ1) is 34.0. The smallest absolute Gasteiger partial charge is 0.326 e. The van der Waals surface area contributed by atoms with E-state index in [9.17, 15) is 33.9 Å². The number of aryl methyl sites for hydroxylation is 1. The van der Waals surface area contributed by atoms with Gasteiger partial charge < -0.3 is 50.4 Å². The Bertz CT molecular complexity index is 1770. The number of alkyl halides is 2. The van der Waals surface area contributed by atoms with Crippen LogP contribution in [0.25, 0.3) is 11.1 Å². The highest BCUT2D eigenvalue weighted by atomic mass is 79.9. The molecule has 0 saturated heterocycles. The molecule has 0 radical (unpaired) electrons. The van der Waals surface area contributed by atoms with E-state index in [1.54, 1.807) is 0 Å². The van der Waals surface area contributed by atoms with Crippen molar-refractivity contribution in [1.82, 2.24) is 21.3 Å². The highest BCUT2D eigenvalue weighted by Crippen LogP contribution is 2.26. The Balaban J connectivity index is 1.36. The molecule has 1 unspecified atom stereocenters. The predicted molar refractivity (Wildman–Crippen MR) is 278 cm³/mol. The Morgan fingerprint density at radius 3 is 1.47 bits per heavy atom. The number of amides is 4. The van der Waals surface area contributed by atoms with Gasteiger partial charge in [0.15, 0.2) is 0 Å². The molecule has 1 atom stereocenters. The first-order valence-corrected chi connectivity index (χ1v) is 27.4. The van der Waals surface area contributed by atoms with E-state index >= 15 is 0 Å². The fraction of sp³-hybridized carbons (Fsp3) is 0.654. The van der Waals surface area contributed by atoms with E-state index in [2.05, 4.69) is 95.6 Å². The highest BCUT2D eigenvalue weighted by molar-refractivity contribution is 9.08. The second-order valence-corrected chi connectivity index (χ2v) is 18.4. The molecule has 6 N–H and O–H groups in total. The SMILES string of the molecule is O=C(O)CCCCCCCCCCCCCCCCC(=O)NC(CCC(=O)NCCOCCOCC(=O)NCCOCCOCC(=O)NCCCc1cc(-c2ccc(CBr)cc2)ccc1CBr)C(=O)O. The third-order valence-electron chi connectivity index (χ3n) is 11.4. The van der Waals surface area contributed by atoms with Crippen LogP contribution in [-0.4, -0.2) is 124 Å². The Labute approximate surface area is 432 Å². The van der Waals surface area contributed by atoms with E-state index < -0.39 is 18.0 Å². The van der Waals surface area contributed by atoms with Crippen LogP contribution in [0.15, 0.2) is 42.5 Å². The summed E-state index contributed by atoms with van der Waals surface area (Å²) in [6.07, 6.45) is 17.1. The fourth-order valence-electron chi connectivity index (χ4n) is 7.43. The van der Waals surface area contributed by atoms with Crippen molar-refractivity contribution in [3.05, 3.63) is 59.2 Å². The number of benzene rings is 2. The van der Waals surface area contributed by atoms with Crippen LogP contribution in [0.5, 0.6) is 0 Å². The van der Waals surface area contributed by atoms with Gasteiger partial charge in [0.25, 0.3) is 0 Å². The number of aliphatic carboxylic acids is 2. The molecule has 70 heavy (non-hydrogen) atoms. The summed E-state index contributed by atoms with van der Waals surface area (Å²) < 4.78 is 21.6. The summed E-state index contributed by atoms with van der Waals surface area (Å²) in [4.78, 5) is 71.1. The van der Waals surface area contributed by atoms with E-state index in [0.717, 1.165) is 62.0 Å². The summed E-state index contributed by atoms with van der Waals surface area (Å²) in [7, 11) is 0. The standard InChI is InChI=1S/C52H80Br2N4O12/c53-37-41-19-21-42(22-20-41)44-23-24-45(38-54)43(36-44)16-15-27-55-49(61)39-69-34-33-68-31-29-57-50(62)40-70-35-32-67-30-28-56-47(59)26-25-46(52(65)66)58-48(60)17-13-11-9-7-5-3-1-2-4-6-8-10-12-14-18-51(63)64/h19-24,36,46H,1-18,25-35,37-40H2,(H,55,61)(H,56,59)(H,57,62)(H,58,60)(H,63,64)(H,65,66). The Hall–Kier alpha value is -3.94. The van der Waals surface area contributed by atoms with Crippen molar-refractivity contribution in [2.75, 3.05) is 72.5 Å². The number of carboxylic acids is 2. The molecule has 2 rings (SSSR count). The summed E-state index contributed by atoms with van der Waals surface area (Å²) >= 11 is 7.09. The molecular formula is C52H80Br2N4O12. The molecule has 0 aliphatic heterocycles. The van der Waals surface area contributed by atoms with E-state index in [4.69, 9.17) is 24.1 Å². The summed E-state index contributed by atoms with van der Waals surface area (Å²) in [5, 5.41) is 30.6. The van der Waals surface area contributed by atoms with Crippen LogP contribution in [0.3, 0.4) is 0 Å². The van der Waals surface area contributed by atoms with Crippen LogP contribution in [0.4, 0.5) is 0 Å². The number of nitrogens with one attached hydrogen (secondary N) is 4. The maximum atomic E-state index is 12.4. The zero-order valence-corrected chi connectivity index (χ0v) is 44.4. The minimum atomic E-state index is -1.18. The number of ether oxygens (including phenoxy) is 4. The van der Waals surface area contributed by atoms with Gasteiger partial charge in [0.2, 0.25) is 23.6 Å². The number of unbranched alkanes of at least 4 members (excludes halogenated alkanes) is 13. The quantitative estimate of drug-likeness (QED) is 0.0273. The minimum absolute atomic E-state index is 0.0245. The van der Waals surface area contributed by atoms with Gasteiger partial charge in [-0.15, -0.1) is 0 Å².